The predicted octanol–water partition coefficient (Wildman–Crippen LogP) is -0.408. The molecule has 6 heteroatoms. The molecular formula is C6H10ClN5. The van der Waals surface area contributed by atoms with Crippen molar-refractivity contribution < 1.29 is 0 Å². The number of terminal acetylenes is 1. The number of rotatable bonds is 2. The normalized spacial score (nSPS) is 10.2. The number of aliphatic imine (C=N–C) groups is 1. The minimum Gasteiger partial charge on any atom is -0.369 e. The highest BCUT2D eigenvalue weighted by Crippen LogP contribution is 1.76. The average molecular weight is 188 g/mol. The number of amidine groups is 1. The van der Waals surface area contributed by atoms with Gasteiger partial charge in [-0.25, -0.2) is 0 Å². The first kappa shape index (κ1) is 10.6. The molecule has 0 aromatic carbocycles. The molecule has 0 atom stereocenters. The van der Waals surface area contributed by atoms with Crippen molar-refractivity contribution >= 4 is 22.9 Å². The van der Waals surface area contributed by atoms with Gasteiger partial charge in [0.25, 0.3) is 0 Å². The molecule has 5 nitrogen and oxygen atoms in total. The van der Waals surface area contributed by atoms with Crippen LogP contribution in [-0.2, 0) is 0 Å². The fraction of sp³-hybridized carbons (Fsp3) is 0.333. The summed E-state index contributed by atoms with van der Waals surface area (Å²) in [5.41, 5.74) is 9.97. The molecule has 0 spiro atoms. The van der Waals surface area contributed by atoms with E-state index in [0.717, 1.165) is 0 Å². The van der Waals surface area contributed by atoms with E-state index < -0.39 is 0 Å². The Morgan fingerprint density at radius 1 is 1.67 bits per heavy atom. The Kier molecular flexibility index (Phi) is 5.57. The molecule has 0 rings (SSSR count). The number of hydrogen-bond acceptors (Lipinski definition) is 2. The maximum Gasteiger partial charge on any atom is 0.207 e. The molecule has 0 aliphatic carbocycles. The van der Waals surface area contributed by atoms with Gasteiger partial charge in [0.1, 0.15) is 0 Å². The SMILES string of the molecule is C#CCCN=C(N)NNC(=N)Cl. The third kappa shape index (κ3) is 6.71. The van der Waals surface area contributed by atoms with E-state index in [4.69, 9.17) is 29.2 Å². The highest BCUT2D eigenvalue weighted by molar-refractivity contribution is 6.63. The smallest absolute Gasteiger partial charge is 0.207 e. The molecule has 0 unspecified atom stereocenters. The van der Waals surface area contributed by atoms with Crippen LogP contribution in [0.4, 0.5) is 0 Å². The number of guanidine groups is 1. The molecule has 0 radical (unpaired) electrons. The van der Waals surface area contributed by atoms with Gasteiger partial charge in [0.05, 0.1) is 6.54 Å². The van der Waals surface area contributed by atoms with Crippen LogP contribution in [0, 0.1) is 17.8 Å². The van der Waals surface area contributed by atoms with Crippen LogP contribution in [0.3, 0.4) is 0 Å². The van der Waals surface area contributed by atoms with Crippen LogP contribution in [-0.4, -0.2) is 17.8 Å². The van der Waals surface area contributed by atoms with Gasteiger partial charge in [-0.05, 0) is 11.6 Å². The summed E-state index contributed by atoms with van der Waals surface area (Å²) in [5.74, 6) is 2.56. The van der Waals surface area contributed by atoms with Crippen molar-refractivity contribution in [2.24, 2.45) is 10.7 Å². The molecule has 0 saturated heterocycles. The van der Waals surface area contributed by atoms with E-state index in [1.54, 1.807) is 0 Å². The second kappa shape index (κ2) is 6.31. The fourth-order valence-electron chi connectivity index (χ4n) is 0.399. The van der Waals surface area contributed by atoms with Crippen LogP contribution < -0.4 is 16.6 Å². The van der Waals surface area contributed by atoms with Gasteiger partial charge in [0.15, 0.2) is 0 Å². The Labute approximate surface area is 75.9 Å². The van der Waals surface area contributed by atoms with Gasteiger partial charge in [-0.3, -0.25) is 21.3 Å². The molecular weight excluding hydrogens is 178 g/mol. The Hall–Kier alpha value is -1.41. The number of nitrogens with one attached hydrogen (secondary N) is 3. The fourth-order valence-corrected chi connectivity index (χ4v) is 0.447. The summed E-state index contributed by atoms with van der Waals surface area (Å²) in [7, 11) is 0. The van der Waals surface area contributed by atoms with Gasteiger partial charge in [0, 0.05) is 6.42 Å². The zero-order valence-electron chi connectivity index (χ0n) is 6.39. The van der Waals surface area contributed by atoms with Crippen molar-refractivity contribution in [1.29, 1.82) is 5.41 Å². The van der Waals surface area contributed by atoms with E-state index in [9.17, 15) is 0 Å². The van der Waals surface area contributed by atoms with Crippen molar-refractivity contribution in [3.63, 3.8) is 0 Å². The van der Waals surface area contributed by atoms with Gasteiger partial charge in [-0.15, -0.1) is 12.3 Å². The largest absolute Gasteiger partial charge is 0.369 e. The van der Waals surface area contributed by atoms with E-state index in [1.165, 1.54) is 0 Å². The summed E-state index contributed by atoms with van der Waals surface area (Å²) >= 11 is 5.15. The van der Waals surface area contributed by atoms with Crippen LogP contribution in [0.5, 0.6) is 0 Å². The molecule has 0 aromatic heterocycles. The molecule has 12 heavy (non-hydrogen) atoms. The zero-order chi connectivity index (χ0) is 9.40. The lowest BCUT2D eigenvalue weighted by molar-refractivity contribution is 0.845. The van der Waals surface area contributed by atoms with Gasteiger partial charge in [-0.2, -0.15) is 0 Å². The van der Waals surface area contributed by atoms with Gasteiger partial charge < -0.3 is 5.73 Å². The van der Waals surface area contributed by atoms with E-state index >= 15 is 0 Å². The number of nitrogens with two attached hydrogens (primary N) is 1. The predicted molar refractivity (Wildman–Crippen MR) is 49.8 cm³/mol. The molecule has 0 saturated carbocycles. The van der Waals surface area contributed by atoms with Crippen molar-refractivity contribution in [3.8, 4) is 12.3 Å². The zero-order valence-corrected chi connectivity index (χ0v) is 7.15. The summed E-state index contributed by atoms with van der Waals surface area (Å²) in [6.45, 7) is 0.451. The molecule has 0 amide bonds. The van der Waals surface area contributed by atoms with E-state index in [-0.39, 0.29) is 11.3 Å². The number of hydrogen-bond donors (Lipinski definition) is 4. The molecule has 0 fully saturated rings. The third-order valence-electron chi connectivity index (χ3n) is 0.839. The second-order valence-electron chi connectivity index (χ2n) is 1.79. The summed E-state index contributed by atoms with van der Waals surface area (Å²) in [6, 6.07) is 0. The molecule has 5 N–H and O–H groups in total. The minimum atomic E-state index is -0.259. The monoisotopic (exact) mass is 187 g/mol. The standard InChI is InChI=1S/C6H10ClN5/c1-2-3-4-10-6(9)12-11-5(7)8/h1H,3-4H2,(H2,8,11)(H3,9,10,12). The van der Waals surface area contributed by atoms with Gasteiger partial charge in [-0.1, -0.05) is 0 Å². The average Bonchev–Trinajstić information content (AvgIpc) is 2.01. The summed E-state index contributed by atoms with van der Waals surface area (Å²) in [5, 5.41) is 6.49. The molecule has 0 aliphatic rings. The molecule has 66 valence electrons. The Balaban J connectivity index is 3.57. The lowest BCUT2D eigenvalue weighted by Crippen LogP contribution is -2.43. The van der Waals surface area contributed by atoms with Gasteiger partial charge >= 0.3 is 0 Å². The first-order chi connectivity index (χ1) is 5.66. The van der Waals surface area contributed by atoms with Crippen molar-refractivity contribution in [2.45, 2.75) is 6.42 Å². The molecule has 0 aromatic rings. The number of halogens is 1. The second-order valence-corrected chi connectivity index (χ2v) is 2.16. The quantitative estimate of drug-likeness (QED) is 0.118. The summed E-state index contributed by atoms with van der Waals surface area (Å²) in [6.07, 6.45) is 5.51. The lowest BCUT2D eigenvalue weighted by atomic mass is 10.5. The van der Waals surface area contributed by atoms with Crippen LogP contribution in [0.1, 0.15) is 6.42 Å². The topological polar surface area (TPSA) is 86.3 Å². The Morgan fingerprint density at radius 2 is 2.33 bits per heavy atom. The third-order valence-corrected chi connectivity index (χ3v) is 0.933. The van der Waals surface area contributed by atoms with Gasteiger partial charge in [0.2, 0.25) is 11.3 Å². The van der Waals surface area contributed by atoms with E-state index in [1.807, 2.05) is 0 Å². The summed E-state index contributed by atoms with van der Waals surface area (Å²) in [4.78, 5) is 3.81. The summed E-state index contributed by atoms with van der Waals surface area (Å²) < 4.78 is 0. The van der Waals surface area contributed by atoms with E-state index in [2.05, 4.69) is 21.8 Å². The van der Waals surface area contributed by atoms with Crippen molar-refractivity contribution in [1.82, 2.24) is 10.9 Å². The lowest BCUT2D eigenvalue weighted by Gasteiger charge is -2.04. The molecule has 0 aliphatic heterocycles. The van der Waals surface area contributed by atoms with E-state index in [0.29, 0.717) is 13.0 Å². The van der Waals surface area contributed by atoms with Crippen molar-refractivity contribution in [3.05, 3.63) is 0 Å². The first-order valence-corrected chi connectivity index (χ1v) is 3.54. The van der Waals surface area contributed by atoms with Crippen LogP contribution >= 0.6 is 11.6 Å². The highest BCUT2D eigenvalue weighted by Gasteiger charge is 1.89. The maximum atomic E-state index is 6.75. The molecule has 0 bridgehead atoms. The Morgan fingerprint density at radius 3 is 2.83 bits per heavy atom. The first-order valence-electron chi connectivity index (χ1n) is 3.16. The van der Waals surface area contributed by atoms with Crippen LogP contribution in [0.15, 0.2) is 4.99 Å². The van der Waals surface area contributed by atoms with Crippen LogP contribution in [0.2, 0.25) is 0 Å². The number of hydrazine groups is 1. The number of nitrogens with zero attached hydrogens (tertiary/aromatic N) is 1. The Bertz CT molecular complexity index is 216. The minimum absolute atomic E-state index is 0.149. The van der Waals surface area contributed by atoms with Crippen LogP contribution in [0.25, 0.3) is 0 Å². The molecule has 0 heterocycles. The highest BCUT2D eigenvalue weighted by atomic mass is 35.5. The van der Waals surface area contributed by atoms with Crippen molar-refractivity contribution in [2.75, 3.05) is 6.54 Å². The maximum absolute atomic E-state index is 6.75.